The average molecular weight is 278 g/mol. The van der Waals surface area contributed by atoms with E-state index in [0.29, 0.717) is 12.1 Å². The molecule has 0 spiro atoms. The Bertz CT molecular complexity index is 494. The van der Waals surface area contributed by atoms with Crippen molar-refractivity contribution in [1.29, 1.82) is 0 Å². The van der Waals surface area contributed by atoms with Crippen LogP contribution >= 0.6 is 11.3 Å². The van der Waals surface area contributed by atoms with Crippen molar-refractivity contribution in [2.75, 3.05) is 39.8 Å². The van der Waals surface area contributed by atoms with Crippen LogP contribution in [-0.2, 0) is 0 Å². The van der Waals surface area contributed by atoms with Gasteiger partial charge in [-0.15, -0.1) is 11.3 Å². The molecule has 3 N–H and O–H groups in total. The monoisotopic (exact) mass is 278 g/mol. The topological polar surface area (TPSA) is 61.6 Å². The van der Waals surface area contributed by atoms with E-state index < -0.39 is 0 Å². The van der Waals surface area contributed by atoms with Crippen LogP contribution in [0.5, 0.6) is 0 Å². The van der Waals surface area contributed by atoms with Crippen molar-refractivity contribution in [1.82, 2.24) is 15.3 Å². The Morgan fingerprint density at radius 2 is 2.21 bits per heavy atom. The molecule has 5 nitrogen and oxygen atoms in total. The first-order valence-corrected chi connectivity index (χ1v) is 7.09. The summed E-state index contributed by atoms with van der Waals surface area (Å²) in [6.45, 7) is 3.98. The Hall–Kier alpha value is -1.39. The first kappa shape index (κ1) is 14.0. The summed E-state index contributed by atoms with van der Waals surface area (Å²) >= 11 is 1.46. The molecule has 2 heterocycles. The highest BCUT2D eigenvalue weighted by Gasteiger charge is 2.17. The minimum absolute atomic E-state index is 0.0680. The lowest BCUT2D eigenvalue weighted by molar-refractivity contribution is 0.0663. The minimum atomic E-state index is -0.0680. The van der Waals surface area contributed by atoms with Crippen LogP contribution in [0.4, 0.5) is 0 Å². The third kappa shape index (κ3) is 4.04. The number of nitrogens with one attached hydrogen (secondary N) is 1. The molecular weight excluding hydrogens is 260 g/mol. The third-order valence-electron chi connectivity index (χ3n) is 2.94. The maximum atomic E-state index is 12.0. The van der Waals surface area contributed by atoms with Gasteiger partial charge in [-0.2, -0.15) is 0 Å². The molecule has 1 aliphatic heterocycles. The van der Waals surface area contributed by atoms with E-state index in [9.17, 15) is 4.79 Å². The van der Waals surface area contributed by atoms with Crippen molar-refractivity contribution < 1.29 is 4.79 Å². The summed E-state index contributed by atoms with van der Waals surface area (Å²) in [7, 11) is 2.08. The second-order valence-corrected chi connectivity index (χ2v) is 5.35. The molecule has 1 amide bonds. The summed E-state index contributed by atoms with van der Waals surface area (Å²) in [5.74, 6) is 5.65. The number of nitrogens with two attached hydrogens (primary N) is 1. The summed E-state index contributed by atoms with van der Waals surface area (Å²) in [4.78, 5) is 15.2. The average Bonchev–Trinajstić information content (AvgIpc) is 2.88. The Morgan fingerprint density at radius 1 is 1.47 bits per heavy atom. The summed E-state index contributed by atoms with van der Waals surface area (Å²) in [5.41, 5.74) is 8.90. The van der Waals surface area contributed by atoms with E-state index >= 15 is 0 Å². The largest absolute Gasteiger partial charge is 0.320 e. The normalized spacial score (nSPS) is 16.7. The zero-order valence-corrected chi connectivity index (χ0v) is 11.8. The minimum Gasteiger partial charge on any atom is -0.320 e. The van der Waals surface area contributed by atoms with Gasteiger partial charge >= 0.3 is 0 Å². The molecule has 1 aromatic heterocycles. The number of thiophene rings is 1. The van der Waals surface area contributed by atoms with Crippen molar-refractivity contribution in [3.63, 3.8) is 0 Å². The Morgan fingerprint density at radius 3 is 2.89 bits per heavy atom. The number of hydrogen-bond acceptors (Lipinski definition) is 5. The van der Waals surface area contributed by atoms with Gasteiger partial charge in [0.1, 0.15) is 0 Å². The molecule has 0 atom stereocenters. The predicted molar refractivity (Wildman–Crippen MR) is 76.8 cm³/mol. The number of likely N-dealkylation sites (N-methyl/N-ethyl adjacent to an activating group) is 1. The van der Waals surface area contributed by atoms with Crippen LogP contribution in [0.3, 0.4) is 0 Å². The molecular formula is C13H18N4OS. The first-order valence-electron chi connectivity index (χ1n) is 6.21. The molecule has 1 aromatic rings. The quantitative estimate of drug-likeness (QED) is 0.745. The van der Waals surface area contributed by atoms with Gasteiger partial charge in [0, 0.05) is 31.6 Å². The second kappa shape index (κ2) is 6.68. The van der Waals surface area contributed by atoms with Crippen LogP contribution in [-0.4, -0.2) is 55.6 Å². The lowest BCUT2D eigenvalue weighted by Crippen LogP contribution is -2.52. The van der Waals surface area contributed by atoms with E-state index in [1.807, 2.05) is 10.4 Å². The van der Waals surface area contributed by atoms with Crippen molar-refractivity contribution >= 4 is 17.2 Å². The second-order valence-electron chi connectivity index (χ2n) is 4.44. The summed E-state index contributed by atoms with van der Waals surface area (Å²) < 4.78 is 0. The number of carbonyl (C=O) groups excluding carboxylic acids is 1. The van der Waals surface area contributed by atoms with Crippen molar-refractivity contribution in [3.8, 4) is 11.8 Å². The fourth-order valence-electron chi connectivity index (χ4n) is 1.79. The lowest BCUT2D eigenvalue weighted by atomic mass is 10.3. The summed E-state index contributed by atoms with van der Waals surface area (Å²) in [6, 6.07) is 1.80. The highest BCUT2D eigenvalue weighted by atomic mass is 32.1. The number of amides is 1. The van der Waals surface area contributed by atoms with Gasteiger partial charge in [0.25, 0.3) is 5.91 Å². The number of piperazine rings is 1. The molecule has 1 saturated heterocycles. The Kier molecular flexibility index (Phi) is 4.93. The molecule has 102 valence electrons. The molecule has 0 saturated carbocycles. The molecule has 2 rings (SSSR count). The van der Waals surface area contributed by atoms with Gasteiger partial charge in [-0.25, -0.2) is 5.01 Å². The van der Waals surface area contributed by atoms with Gasteiger partial charge in [-0.05, 0) is 13.1 Å². The maximum absolute atomic E-state index is 12.0. The zero-order chi connectivity index (χ0) is 13.7. The van der Waals surface area contributed by atoms with E-state index in [1.54, 1.807) is 6.07 Å². The van der Waals surface area contributed by atoms with Gasteiger partial charge < -0.3 is 10.6 Å². The van der Waals surface area contributed by atoms with E-state index in [0.717, 1.165) is 31.1 Å². The van der Waals surface area contributed by atoms with Crippen LogP contribution in [0.15, 0.2) is 11.4 Å². The van der Waals surface area contributed by atoms with Gasteiger partial charge in [-0.3, -0.25) is 10.2 Å². The molecule has 1 aliphatic rings. The van der Waals surface area contributed by atoms with Crippen molar-refractivity contribution in [3.05, 3.63) is 21.9 Å². The third-order valence-corrected chi connectivity index (χ3v) is 3.78. The lowest BCUT2D eigenvalue weighted by Gasteiger charge is -2.32. The fraction of sp³-hybridized carbons (Fsp3) is 0.462. The van der Waals surface area contributed by atoms with Crippen LogP contribution in [0, 0.1) is 11.8 Å². The zero-order valence-electron chi connectivity index (χ0n) is 11.0. The molecule has 0 aliphatic carbocycles. The molecule has 6 heteroatoms. The molecule has 0 radical (unpaired) electrons. The van der Waals surface area contributed by atoms with Crippen LogP contribution in [0.1, 0.15) is 15.2 Å². The van der Waals surface area contributed by atoms with E-state index in [1.165, 1.54) is 11.3 Å². The molecule has 19 heavy (non-hydrogen) atoms. The maximum Gasteiger partial charge on any atom is 0.266 e. The Labute approximate surface area is 117 Å². The fourth-order valence-corrected chi connectivity index (χ4v) is 2.54. The highest BCUT2D eigenvalue weighted by Crippen LogP contribution is 2.13. The van der Waals surface area contributed by atoms with Crippen molar-refractivity contribution in [2.24, 2.45) is 5.73 Å². The first-order chi connectivity index (χ1) is 9.19. The molecule has 1 fully saturated rings. The number of nitrogens with zero attached hydrogens (tertiary/aromatic N) is 2. The Balaban J connectivity index is 1.91. The van der Waals surface area contributed by atoms with Gasteiger partial charge in [0.15, 0.2) is 0 Å². The van der Waals surface area contributed by atoms with Crippen molar-refractivity contribution in [2.45, 2.75) is 0 Å². The van der Waals surface area contributed by atoms with E-state index in [2.05, 4.69) is 29.2 Å². The van der Waals surface area contributed by atoms with Gasteiger partial charge in [-0.1, -0.05) is 11.8 Å². The smallest absolute Gasteiger partial charge is 0.266 e. The van der Waals surface area contributed by atoms with E-state index in [4.69, 9.17) is 5.73 Å². The van der Waals surface area contributed by atoms with Gasteiger partial charge in [0.2, 0.25) is 0 Å². The molecule has 0 bridgehead atoms. The van der Waals surface area contributed by atoms with Crippen LogP contribution < -0.4 is 11.2 Å². The van der Waals surface area contributed by atoms with Crippen LogP contribution in [0.2, 0.25) is 0 Å². The standard InChI is InChI=1S/C13H18N4OS/c1-16-5-7-17(8-6-16)15-13(18)11-9-12(19-10-11)3-2-4-14/h9-10H,4-8,14H2,1H3,(H,15,18). The SMILES string of the molecule is CN1CCN(NC(=O)c2csc(C#CCN)c2)CC1. The summed E-state index contributed by atoms with van der Waals surface area (Å²) in [5, 5.41) is 3.79. The number of rotatable bonds is 2. The van der Waals surface area contributed by atoms with Gasteiger partial charge in [0.05, 0.1) is 17.0 Å². The molecule has 0 aromatic carbocycles. The highest BCUT2D eigenvalue weighted by molar-refractivity contribution is 7.10. The predicted octanol–water partition coefficient (Wildman–Crippen LogP) is -0.0495. The van der Waals surface area contributed by atoms with E-state index in [-0.39, 0.29) is 5.91 Å². The number of carbonyl (C=O) groups is 1. The van der Waals surface area contributed by atoms with Crippen LogP contribution in [0.25, 0.3) is 0 Å². The number of hydrazine groups is 1. The molecule has 0 unspecified atom stereocenters. The summed E-state index contributed by atoms with van der Waals surface area (Å²) in [6.07, 6.45) is 0. The number of hydrogen-bond donors (Lipinski definition) is 2.